The average molecular weight is 526 g/mol. The lowest BCUT2D eigenvalue weighted by Gasteiger charge is -2.34. The maximum atomic E-state index is 13.9. The lowest BCUT2D eigenvalue weighted by Crippen LogP contribution is -2.52. The fourth-order valence-corrected chi connectivity index (χ4v) is 4.32. The standard InChI is InChI=1S/C29H39N3O4S/c1-8-21-14-12-15-22(19-21)25(26(33)30-23-16-11-10-13-20(23)3)32(9-2)27(34)24(17-18-37-7)31-28(35)36-29(4,5)6/h8,10-16,19,24-25H,1,9,17-18H2,2-7H3,(H,30,33)(H,31,35). The smallest absolute Gasteiger partial charge is 0.408 e. The van der Waals surface area contributed by atoms with Crippen LogP contribution >= 0.6 is 11.8 Å². The number of nitrogens with zero attached hydrogens (tertiary/aromatic N) is 1. The SMILES string of the molecule is C=Cc1cccc(C(C(=O)Nc2ccccc2C)N(CC)C(=O)C(CCSC)NC(=O)OC(C)(C)C)c1. The van der Waals surface area contributed by atoms with Gasteiger partial charge in [-0.1, -0.05) is 49.1 Å². The maximum absolute atomic E-state index is 13.9. The molecule has 0 aliphatic heterocycles. The highest BCUT2D eigenvalue weighted by molar-refractivity contribution is 7.98. The average Bonchev–Trinajstić information content (AvgIpc) is 2.84. The van der Waals surface area contributed by atoms with Crippen molar-refractivity contribution < 1.29 is 19.1 Å². The Hall–Kier alpha value is -3.26. The zero-order valence-electron chi connectivity index (χ0n) is 22.7. The second-order valence-electron chi connectivity index (χ2n) is 9.69. The number of amides is 3. The van der Waals surface area contributed by atoms with Gasteiger partial charge in [-0.05, 0) is 81.9 Å². The highest BCUT2D eigenvalue weighted by atomic mass is 32.2. The molecular formula is C29H39N3O4S. The van der Waals surface area contributed by atoms with Gasteiger partial charge in [0, 0.05) is 12.2 Å². The van der Waals surface area contributed by atoms with Crippen LogP contribution in [0.25, 0.3) is 6.08 Å². The summed E-state index contributed by atoms with van der Waals surface area (Å²) in [6.07, 6.45) is 3.36. The number of benzene rings is 2. The summed E-state index contributed by atoms with van der Waals surface area (Å²) in [6, 6.07) is 13.1. The van der Waals surface area contributed by atoms with E-state index in [1.807, 2.05) is 68.6 Å². The second-order valence-corrected chi connectivity index (χ2v) is 10.7. The summed E-state index contributed by atoms with van der Waals surface area (Å²) in [5.41, 5.74) is 2.36. The monoisotopic (exact) mass is 525 g/mol. The third-order valence-corrected chi connectivity index (χ3v) is 6.29. The number of likely N-dealkylation sites (N-methyl/N-ethyl adjacent to an activating group) is 1. The highest BCUT2D eigenvalue weighted by Gasteiger charge is 2.35. The summed E-state index contributed by atoms with van der Waals surface area (Å²) in [6.45, 7) is 13.1. The predicted molar refractivity (Wildman–Crippen MR) is 153 cm³/mol. The fourth-order valence-electron chi connectivity index (χ4n) is 3.85. The molecule has 0 aliphatic carbocycles. The first-order valence-electron chi connectivity index (χ1n) is 12.4. The van der Waals surface area contributed by atoms with Gasteiger partial charge in [-0.3, -0.25) is 9.59 Å². The lowest BCUT2D eigenvalue weighted by atomic mass is 10.00. The first-order valence-corrected chi connectivity index (χ1v) is 13.8. The van der Waals surface area contributed by atoms with Crippen molar-refractivity contribution in [2.75, 3.05) is 23.9 Å². The minimum absolute atomic E-state index is 0.259. The summed E-state index contributed by atoms with van der Waals surface area (Å²) in [4.78, 5) is 41.8. The molecule has 8 heteroatoms. The molecule has 3 amide bonds. The van der Waals surface area contributed by atoms with Gasteiger partial charge in [0.2, 0.25) is 5.91 Å². The van der Waals surface area contributed by atoms with E-state index < -0.39 is 23.8 Å². The van der Waals surface area contributed by atoms with Crippen LogP contribution in [-0.4, -0.2) is 53.0 Å². The van der Waals surface area contributed by atoms with Gasteiger partial charge < -0.3 is 20.3 Å². The third-order valence-electron chi connectivity index (χ3n) is 5.65. The number of aryl methyl sites for hydroxylation is 1. The van der Waals surface area contributed by atoms with E-state index in [0.717, 1.165) is 11.1 Å². The molecule has 2 N–H and O–H groups in total. The molecule has 7 nitrogen and oxygen atoms in total. The predicted octanol–water partition coefficient (Wildman–Crippen LogP) is 5.81. The van der Waals surface area contributed by atoms with E-state index >= 15 is 0 Å². The van der Waals surface area contributed by atoms with Gasteiger partial charge in [-0.15, -0.1) is 0 Å². The molecule has 0 fully saturated rings. The number of carbonyl (C=O) groups excluding carboxylic acids is 3. The second kappa shape index (κ2) is 13.9. The summed E-state index contributed by atoms with van der Waals surface area (Å²) < 4.78 is 5.41. The van der Waals surface area contributed by atoms with Crippen molar-refractivity contribution in [3.05, 3.63) is 71.8 Å². The Balaban J connectivity index is 2.47. The zero-order valence-corrected chi connectivity index (χ0v) is 23.5. The summed E-state index contributed by atoms with van der Waals surface area (Å²) >= 11 is 1.57. The number of thioether (sulfide) groups is 1. The number of alkyl carbamates (subject to hydrolysis) is 1. The van der Waals surface area contributed by atoms with Crippen molar-refractivity contribution in [1.29, 1.82) is 0 Å². The molecule has 0 spiro atoms. The van der Waals surface area contributed by atoms with Crippen LogP contribution in [-0.2, 0) is 14.3 Å². The first kappa shape index (κ1) is 30.0. The number of para-hydroxylation sites is 1. The van der Waals surface area contributed by atoms with Gasteiger partial charge in [0.05, 0.1) is 0 Å². The summed E-state index contributed by atoms with van der Waals surface area (Å²) in [5.74, 6) is -0.0431. The van der Waals surface area contributed by atoms with Crippen molar-refractivity contribution in [3.63, 3.8) is 0 Å². The van der Waals surface area contributed by atoms with Crippen LogP contribution in [0.2, 0.25) is 0 Å². The molecule has 2 atom stereocenters. The number of carbonyl (C=O) groups is 3. The van der Waals surface area contributed by atoms with Crippen molar-refractivity contribution in [2.24, 2.45) is 0 Å². The molecule has 0 saturated carbocycles. The van der Waals surface area contributed by atoms with E-state index in [4.69, 9.17) is 4.74 Å². The molecule has 2 rings (SSSR count). The first-order chi connectivity index (χ1) is 17.5. The number of hydrogen-bond donors (Lipinski definition) is 2. The van der Waals surface area contributed by atoms with Crippen molar-refractivity contribution >= 4 is 41.4 Å². The fraction of sp³-hybridized carbons (Fsp3) is 0.414. The topological polar surface area (TPSA) is 87.7 Å². The van der Waals surface area contributed by atoms with Crippen LogP contribution < -0.4 is 10.6 Å². The molecule has 2 aromatic carbocycles. The Bertz CT molecular complexity index is 1100. The number of rotatable bonds is 11. The van der Waals surface area contributed by atoms with Crippen LogP contribution in [0.15, 0.2) is 55.1 Å². The van der Waals surface area contributed by atoms with Crippen LogP contribution in [0.3, 0.4) is 0 Å². The maximum Gasteiger partial charge on any atom is 0.408 e. The lowest BCUT2D eigenvalue weighted by molar-refractivity contribution is -0.140. The van der Waals surface area contributed by atoms with E-state index in [-0.39, 0.29) is 18.4 Å². The van der Waals surface area contributed by atoms with Gasteiger partial charge in [0.15, 0.2) is 0 Å². The molecule has 0 radical (unpaired) electrons. The molecule has 37 heavy (non-hydrogen) atoms. The van der Waals surface area contributed by atoms with Gasteiger partial charge in [-0.25, -0.2) is 4.79 Å². The minimum atomic E-state index is -0.922. The van der Waals surface area contributed by atoms with Crippen LogP contribution in [0.4, 0.5) is 10.5 Å². The van der Waals surface area contributed by atoms with Gasteiger partial charge in [0.1, 0.15) is 17.7 Å². The van der Waals surface area contributed by atoms with Gasteiger partial charge >= 0.3 is 6.09 Å². The third kappa shape index (κ3) is 8.97. The van der Waals surface area contributed by atoms with E-state index in [0.29, 0.717) is 23.4 Å². The molecule has 2 aromatic rings. The van der Waals surface area contributed by atoms with Crippen molar-refractivity contribution in [1.82, 2.24) is 10.2 Å². The van der Waals surface area contributed by atoms with Crippen molar-refractivity contribution in [2.45, 2.75) is 58.7 Å². The zero-order chi connectivity index (χ0) is 27.6. The molecular weight excluding hydrogens is 486 g/mol. The Morgan fingerprint density at radius 3 is 2.43 bits per heavy atom. The molecule has 0 heterocycles. The molecule has 2 unspecified atom stereocenters. The van der Waals surface area contributed by atoms with Crippen molar-refractivity contribution in [3.8, 4) is 0 Å². The molecule has 200 valence electrons. The highest BCUT2D eigenvalue weighted by Crippen LogP contribution is 2.27. The molecule has 0 saturated heterocycles. The van der Waals surface area contributed by atoms with Crippen LogP contribution in [0.5, 0.6) is 0 Å². The molecule has 0 aromatic heterocycles. The Morgan fingerprint density at radius 2 is 1.84 bits per heavy atom. The minimum Gasteiger partial charge on any atom is -0.444 e. The Kier molecular flexibility index (Phi) is 11.2. The van der Waals surface area contributed by atoms with E-state index in [1.165, 1.54) is 4.90 Å². The summed E-state index contributed by atoms with van der Waals surface area (Å²) in [5, 5.41) is 5.73. The van der Waals surface area contributed by atoms with Crippen LogP contribution in [0.1, 0.15) is 56.8 Å². The molecule has 0 bridgehead atoms. The quantitative estimate of drug-likeness (QED) is 0.386. The summed E-state index contributed by atoms with van der Waals surface area (Å²) in [7, 11) is 0. The van der Waals surface area contributed by atoms with Gasteiger partial charge in [-0.2, -0.15) is 11.8 Å². The Labute approximate surface area is 225 Å². The van der Waals surface area contributed by atoms with E-state index in [1.54, 1.807) is 38.6 Å². The normalized spacial score (nSPS) is 12.7. The number of nitrogens with one attached hydrogen (secondary N) is 2. The van der Waals surface area contributed by atoms with Crippen LogP contribution in [0, 0.1) is 6.92 Å². The van der Waals surface area contributed by atoms with Gasteiger partial charge in [0.25, 0.3) is 5.91 Å². The number of anilines is 1. The Morgan fingerprint density at radius 1 is 1.14 bits per heavy atom. The largest absolute Gasteiger partial charge is 0.444 e. The molecule has 0 aliphatic rings. The van der Waals surface area contributed by atoms with E-state index in [2.05, 4.69) is 17.2 Å². The number of ether oxygens (including phenoxy) is 1. The van der Waals surface area contributed by atoms with E-state index in [9.17, 15) is 14.4 Å². The number of hydrogen-bond acceptors (Lipinski definition) is 5.